The summed E-state index contributed by atoms with van der Waals surface area (Å²) in [7, 11) is 1.66. The van der Waals surface area contributed by atoms with Crippen LogP contribution in [0.4, 0.5) is 0 Å². The number of hydrogen-bond acceptors (Lipinski definition) is 3. The minimum Gasteiger partial charge on any atom is -0.497 e. The maximum Gasteiger partial charge on any atom is 0.170 e. The Hall–Kier alpha value is -2.68. The van der Waals surface area contributed by atoms with Crippen molar-refractivity contribution in [3.05, 3.63) is 66.1 Å². The van der Waals surface area contributed by atoms with Gasteiger partial charge in [0, 0.05) is 0 Å². The average molecular weight is 266 g/mol. The summed E-state index contributed by atoms with van der Waals surface area (Å²) in [5, 5.41) is 0. The van der Waals surface area contributed by atoms with E-state index in [2.05, 4.69) is 0 Å². The summed E-state index contributed by atoms with van der Waals surface area (Å²) in [5.41, 5.74) is 1.08. The van der Waals surface area contributed by atoms with E-state index in [1.807, 2.05) is 60.7 Å². The van der Waals surface area contributed by atoms with Gasteiger partial charge in [0.15, 0.2) is 11.5 Å². The first kappa shape index (κ1) is 12.4. The molecule has 0 radical (unpaired) electrons. The molecule has 0 aliphatic carbocycles. The van der Waals surface area contributed by atoms with Crippen molar-refractivity contribution in [2.24, 2.45) is 0 Å². The SMILES string of the molecule is COc1ccc(/C=C/c2ccc(-c3ccco3)o2)cc1. The van der Waals surface area contributed by atoms with Gasteiger partial charge in [-0.25, -0.2) is 0 Å². The zero-order valence-corrected chi connectivity index (χ0v) is 11.1. The molecule has 2 aromatic heterocycles. The Morgan fingerprint density at radius 3 is 2.45 bits per heavy atom. The summed E-state index contributed by atoms with van der Waals surface area (Å²) < 4.78 is 16.1. The number of methoxy groups -OCH3 is 1. The van der Waals surface area contributed by atoms with Crippen molar-refractivity contribution in [2.75, 3.05) is 7.11 Å². The van der Waals surface area contributed by atoms with Crippen LogP contribution in [-0.2, 0) is 0 Å². The normalized spacial score (nSPS) is 11.1. The van der Waals surface area contributed by atoms with Crippen LogP contribution in [-0.4, -0.2) is 7.11 Å². The van der Waals surface area contributed by atoms with E-state index in [0.717, 1.165) is 28.6 Å². The average Bonchev–Trinajstić information content (AvgIpc) is 3.16. The van der Waals surface area contributed by atoms with Gasteiger partial charge in [-0.05, 0) is 48.0 Å². The minimum absolute atomic E-state index is 0.726. The number of hydrogen-bond donors (Lipinski definition) is 0. The maximum atomic E-state index is 5.69. The Bertz CT molecular complexity index is 688. The predicted molar refractivity (Wildman–Crippen MR) is 78.3 cm³/mol. The first-order chi connectivity index (χ1) is 9.85. The maximum absolute atomic E-state index is 5.69. The second-order valence-electron chi connectivity index (χ2n) is 4.29. The van der Waals surface area contributed by atoms with Gasteiger partial charge in [0.1, 0.15) is 11.5 Å². The molecule has 100 valence electrons. The van der Waals surface area contributed by atoms with E-state index >= 15 is 0 Å². The zero-order chi connectivity index (χ0) is 13.8. The van der Waals surface area contributed by atoms with E-state index in [4.69, 9.17) is 13.6 Å². The van der Waals surface area contributed by atoms with Crippen LogP contribution in [0.3, 0.4) is 0 Å². The Morgan fingerprint density at radius 2 is 1.75 bits per heavy atom. The van der Waals surface area contributed by atoms with Gasteiger partial charge in [-0.2, -0.15) is 0 Å². The molecule has 0 atom stereocenters. The van der Waals surface area contributed by atoms with Gasteiger partial charge in [0.05, 0.1) is 13.4 Å². The van der Waals surface area contributed by atoms with E-state index < -0.39 is 0 Å². The molecular weight excluding hydrogens is 252 g/mol. The summed E-state index contributed by atoms with van der Waals surface area (Å²) in [5.74, 6) is 3.09. The Labute approximate surface area is 117 Å². The van der Waals surface area contributed by atoms with E-state index in [1.54, 1.807) is 13.4 Å². The first-order valence-corrected chi connectivity index (χ1v) is 6.31. The van der Waals surface area contributed by atoms with Gasteiger partial charge >= 0.3 is 0 Å². The summed E-state index contributed by atoms with van der Waals surface area (Å²) in [4.78, 5) is 0. The molecule has 0 saturated heterocycles. The van der Waals surface area contributed by atoms with Crippen molar-refractivity contribution in [3.63, 3.8) is 0 Å². The van der Waals surface area contributed by atoms with Gasteiger partial charge in [-0.3, -0.25) is 0 Å². The molecule has 3 heteroatoms. The van der Waals surface area contributed by atoms with E-state index in [-0.39, 0.29) is 0 Å². The predicted octanol–water partition coefficient (Wildman–Crippen LogP) is 4.72. The zero-order valence-electron chi connectivity index (χ0n) is 11.1. The molecule has 2 heterocycles. The van der Waals surface area contributed by atoms with Crippen LogP contribution in [0, 0.1) is 0 Å². The third-order valence-corrected chi connectivity index (χ3v) is 2.95. The molecular formula is C17H14O3. The molecule has 0 amide bonds. The van der Waals surface area contributed by atoms with Crippen LogP contribution in [0.5, 0.6) is 5.75 Å². The van der Waals surface area contributed by atoms with Crippen LogP contribution in [0.2, 0.25) is 0 Å². The lowest BCUT2D eigenvalue weighted by Gasteiger charge is -1.98. The van der Waals surface area contributed by atoms with Gasteiger partial charge < -0.3 is 13.6 Å². The molecule has 3 aromatic rings. The van der Waals surface area contributed by atoms with Crippen molar-refractivity contribution in [2.45, 2.75) is 0 Å². The lowest BCUT2D eigenvalue weighted by atomic mass is 10.2. The van der Waals surface area contributed by atoms with Crippen molar-refractivity contribution < 1.29 is 13.6 Å². The van der Waals surface area contributed by atoms with Crippen LogP contribution >= 0.6 is 0 Å². The van der Waals surface area contributed by atoms with Crippen LogP contribution < -0.4 is 4.74 Å². The quantitative estimate of drug-likeness (QED) is 0.685. The molecule has 3 rings (SSSR count). The highest BCUT2D eigenvalue weighted by molar-refractivity contribution is 5.68. The number of furan rings is 2. The summed E-state index contributed by atoms with van der Waals surface area (Å²) in [6.07, 6.45) is 5.54. The lowest BCUT2D eigenvalue weighted by molar-refractivity contribution is 0.415. The fraction of sp³-hybridized carbons (Fsp3) is 0.0588. The van der Waals surface area contributed by atoms with Crippen molar-refractivity contribution in [1.82, 2.24) is 0 Å². The molecule has 0 aliphatic rings. The fourth-order valence-electron chi connectivity index (χ4n) is 1.89. The fourth-order valence-corrected chi connectivity index (χ4v) is 1.89. The first-order valence-electron chi connectivity index (χ1n) is 6.31. The highest BCUT2D eigenvalue weighted by atomic mass is 16.5. The molecule has 0 N–H and O–H groups in total. The van der Waals surface area contributed by atoms with Crippen molar-refractivity contribution in [3.8, 4) is 17.3 Å². The van der Waals surface area contributed by atoms with Crippen molar-refractivity contribution >= 4 is 12.2 Å². The number of ether oxygens (including phenoxy) is 1. The molecule has 0 spiro atoms. The molecule has 0 fully saturated rings. The number of benzene rings is 1. The van der Waals surface area contributed by atoms with Crippen LogP contribution in [0.1, 0.15) is 11.3 Å². The Morgan fingerprint density at radius 1 is 0.900 bits per heavy atom. The monoisotopic (exact) mass is 266 g/mol. The summed E-state index contributed by atoms with van der Waals surface area (Å²) >= 11 is 0. The minimum atomic E-state index is 0.726. The molecule has 0 aliphatic heterocycles. The highest BCUT2D eigenvalue weighted by Crippen LogP contribution is 2.23. The van der Waals surface area contributed by atoms with E-state index in [1.165, 1.54) is 0 Å². The molecule has 0 unspecified atom stereocenters. The van der Waals surface area contributed by atoms with Gasteiger partial charge in [-0.15, -0.1) is 0 Å². The van der Waals surface area contributed by atoms with Crippen LogP contribution in [0.25, 0.3) is 23.7 Å². The van der Waals surface area contributed by atoms with Crippen molar-refractivity contribution in [1.29, 1.82) is 0 Å². The van der Waals surface area contributed by atoms with E-state index in [0.29, 0.717) is 0 Å². The van der Waals surface area contributed by atoms with Gasteiger partial charge in [0.25, 0.3) is 0 Å². The molecule has 20 heavy (non-hydrogen) atoms. The summed E-state index contributed by atoms with van der Waals surface area (Å²) in [6.45, 7) is 0. The highest BCUT2D eigenvalue weighted by Gasteiger charge is 2.04. The second kappa shape index (κ2) is 5.53. The Balaban J connectivity index is 1.75. The topological polar surface area (TPSA) is 35.5 Å². The third-order valence-electron chi connectivity index (χ3n) is 2.95. The summed E-state index contributed by atoms with van der Waals surface area (Å²) in [6, 6.07) is 15.4. The van der Waals surface area contributed by atoms with E-state index in [9.17, 15) is 0 Å². The van der Waals surface area contributed by atoms with Gasteiger partial charge in [0.2, 0.25) is 0 Å². The standard InChI is InChI=1S/C17H14O3/c1-18-14-7-4-13(5-8-14)6-9-15-10-11-17(20-15)16-3-2-12-19-16/h2-12H,1H3/b9-6+. The molecule has 3 nitrogen and oxygen atoms in total. The molecule has 1 aromatic carbocycles. The second-order valence-corrected chi connectivity index (χ2v) is 4.29. The third kappa shape index (κ3) is 2.67. The Kier molecular flexibility index (Phi) is 3.42. The molecule has 0 bridgehead atoms. The van der Waals surface area contributed by atoms with Crippen LogP contribution in [0.15, 0.2) is 63.6 Å². The largest absolute Gasteiger partial charge is 0.497 e. The molecule has 0 saturated carbocycles. The van der Waals surface area contributed by atoms with Gasteiger partial charge in [-0.1, -0.05) is 18.2 Å². The smallest absolute Gasteiger partial charge is 0.170 e. The lowest BCUT2D eigenvalue weighted by Crippen LogP contribution is -1.81. The number of rotatable bonds is 4.